The maximum atomic E-state index is 12.2. The molecular formula is C23H32IN5O2. The van der Waals surface area contributed by atoms with E-state index in [1.165, 1.54) is 0 Å². The fourth-order valence-electron chi connectivity index (χ4n) is 3.43. The third-order valence-corrected chi connectivity index (χ3v) is 4.82. The highest BCUT2D eigenvalue weighted by Crippen LogP contribution is 2.39. The summed E-state index contributed by atoms with van der Waals surface area (Å²) in [7, 11) is 0. The molecule has 0 bridgehead atoms. The predicted molar refractivity (Wildman–Crippen MR) is 135 cm³/mol. The Hall–Kier alpha value is -2.36. The predicted octanol–water partition coefficient (Wildman–Crippen LogP) is 4.19. The topological polar surface area (TPSA) is 87.6 Å². The van der Waals surface area contributed by atoms with E-state index in [4.69, 9.17) is 4.74 Å². The average Bonchev–Trinajstić information content (AvgIpc) is 2.69. The van der Waals surface area contributed by atoms with Gasteiger partial charge < -0.3 is 20.7 Å². The molecule has 31 heavy (non-hydrogen) atoms. The van der Waals surface area contributed by atoms with E-state index in [2.05, 4.69) is 45.8 Å². The van der Waals surface area contributed by atoms with Gasteiger partial charge in [0.05, 0.1) is 12.6 Å². The van der Waals surface area contributed by atoms with Crippen molar-refractivity contribution in [1.82, 2.24) is 15.6 Å². The van der Waals surface area contributed by atoms with Crippen LogP contribution in [0.5, 0.6) is 5.75 Å². The largest absolute Gasteiger partial charge is 0.487 e. The van der Waals surface area contributed by atoms with Crippen molar-refractivity contribution in [3.63, 3.8) is 0 Å². The summed E-state index contributed by atoms with van der Waals surface area (Å²) >= 11 is 0. The minimum atomic E-state index is -0.274. The van der Waals surface area contributed by atoms with E-state index in [0.717, 1.165) is 29.8 Å². The van der Waals surface area contributed by atoms with Gasteiger partial charge >= 0.3 is 0 Å². The fourth-order valence-corrected chi connectivity index (χ4v) is 3.43. The molecule has 0 aliphatic carbocycles. The van der Waals surface area contributed by atoms with Crippen LogP contribution in [0.2, 0.25) is 0 Å². The average molecular weight is 537 g/mol. The number of nitrogens with zero attached hydrogens (tertiary/aromatic N) is 2. The molecule has 2 heterocycles. The molecule has 3 N–H and O–H groups in total. The Morgan fingerprint density at radius 1 is 1.26 bits per heavy atom. The molecule has 1 aliphatic heterocycles. The standard InChI is InChI=1S/C23H31N5O2.HI/c1-5-24-22(25-13-12-21(29)28-20-11-10-16(2)15-26-20)27-18-14-23(3,4)30-19-9-7-6-8-17(18)19;/h6-11,15,18H,5,12-14H2,1-4H3,(H2,24,25,27)(H,26,28,29);1H. The molecule has 0 radical (unpaired) electrons. The zero-order chi connectivity index (χ0) is 21.6. The summed E-state index contributed by atoms with van der Waals surface area (Å²) in [6.45, 7) is 9.27. The van der Waals surface area contributed by atoms with E-state index in [9.17, 15) is 4.79 Å². The molecule has 1 amide bonds. The van der Waals surface area contributed by atoms with Crippen LogP contribution in [0, 0.1) is 6.92 Å². The van der Waals surface area contributed by atoms with Crippen LogP contribution < -0.4 is 20.7 Å². The molecule has 0 saturated carbocycles. The second kappa shape index (κ2) is 11.3. The number of hydrogen-bond acceptors (Lipinski definition) is 4. The molecule has 0 spiro atoms. The van der Waals surface area contributed by atoms with Crippen LogP contribution in [-0.2, 0) is 4.79 Å². The number of nitrogens with one attached hydrogen (secondary N) is 3. The van der Waals surface area contributed by atoms with Crippen LogP contribution in [0.4, 0.5) is 5.82 Å². The van der Waals surface area contributed by atoms with Crippen molar-refractivity contribution >= 4 is 41.7 Å². The molecule has 0 saturated heterocycles. The monoisotopic (exact) mass is 537 g/mol. The van der Waals surface area contributed by atoms with Gasteiger partial charge in [-0.1, -0.05) is 24.3 Å². The number of rotatable bonds is 6. The highest BCUT2D eigenvalue weighted by Gasteiger charge is 2.33. The molecule has 1 aromatic carbocycles. The number of guanidine groups is 1. The first-order valence-corrected chi connectivity index (χ1v) is 10.4. The number of halogens is 1. The van der Waals surface area contributed by atoms with Crippen molar-refractivity contribution in [2.24, 2.45) is 4.99 Å². The molecule has 2 aromatic rings. The third-order valence-electron chi connectivity index (χ3n) is 4.82. The van der Waals surface area contributed by atoms with Crippen molar-refractivity contribution in [3.05, 3.63) is 53.7 Å². The number of aryl methyl sites for hydroxylation is 1. The highest BCUT2D eigenvalue weighted by molar-refractivity contribution is 14.0. The number of fused-ring (bicyclic) bond motifs is 1. The zero-order valence-electron chi connectivity index (χ0n) is 18.6. The number of aromatic nitrogens is 1. The molecule has 8 heteroatoms. The molecule has 7 nitrogen and oxygen atoms in total. The lowest BCUT2D eigenvalue weighted by atomic mass is 9.90. The quantitative estimate of drug-likeness (QED) is 0.292. The number of ether oxygens (including phenoxy) is 1. The van der Waals surface area contributed by atoms with Crippen molar-refractivity contribution in [2.75, 3.05) is 18.4 Å². The van der Waals surface area contributed by atoms with Crippen molar-refractivity contribution in [2.45, 2.75) is 52.2 Å². The molecule has 0 fully saturated rings. The summed E-state index contributed by atoms with van der Waals surface area (Å²) in [4.78, 5) is 21.0. The second-order valence-electron chi connectivity index (χ2n) is 8.08. The molecule has 1 unspecified atom stereocenters. The fraction of sp³-hybridized carbons (Fsp3) is 0.435. The Bertz CT molecular complexity index is 899. The molecule has 1 aromatic heterocycles. The van der Waals surface area contributed by atoms with Crippen molar-refractivity contribution < 1.29 is 9.53 Å². The number of carbonyl (C=O) groups excluding carboxylic acids is 1. The minimum Gasteiger partial charge on any atom is -0.487 e. The van der Waals surface area contributed by atoms with E-state index >= 15 is 0 Å². The van der Waals surface area contributed by atoms with E-state index in [0.29, 0.717) is 18.3 Å². The highest BCUT2D eigenvalue weighted by atomic mass is 127. The van der Waals surface area contributed by atoms with Gasteiger partial charge in [0.1, 0.15) is 17.2 Å². The van der Waals surface area contributed by atoms with Gasteiger partial charge in [0, 0.05) is 31.1 Å². The molecule has 1 atom stereocenters. The van der Waals surface area contributed by atoms with Crippen molar-refractivity contribution in [1.29, 1.82) is 0 Å². The Morgan fingerprint density at radius 3 is 2.74 bits per heavy atom. The van der Waals surface area contributed by atoms with E-state index < -0.39 is 0 Å². The Morgan fingerprint density at radius 2 is 2.03 bits per heavy atom. The Kier molecular flexibility index (Phi) is 9.09. The summed E-state index contributed by atoms with van der Waals surface area (Å²) in [5.74, 6) is 2.03. The van der Waals surface area contributed by atoms with Gasteiger partial charge in [0.2, 0.25) is 5.91 Å². The van der Waals surface area contributed by atoms with Gasteiger partial charge in [-0.2, -0.15) is 0 Å². The number of para-hydroxylation sites is 1. The normalized spacial score (nSPS) is 16.9. The molecule has 168 valence electrons. The summed E-state index contributed by atoms with van der Waals surface area (Å²) in [6.07, 6.45) is 2.82. The van der Waals surface area contributed by atoms with Gasteiger partial charge in [0.25, 0.3) is 0 Å². The van der Waals surface area contributed by atoms with E-state index in [-0.39, 0.29) is 47.9 Å². The Balaban J connectivity index is 0.00000341. The Labute approximate surface area is 201 Å². The first-order valence-electron chi connectivity index (χ1n) is 10.4. The SMILES string of the molecule is CCNC(=NCCC(=O)Nc1ccc(C)cn1)NC1CC(C)(C)Oc2ccccc21.I. The summed E-state index contributed by atoms with van der Waals surface area (Å²) in [5, 5.41) is 9.59. The van der Waals surface area contributed by atoms with E-state index in [1.807, 2.05) is 38.1 Å². The van der Waals surface area contributed by atoms with Gasteiger partial charge in [-0.25, -0.2) is 4.98 Å². The minimum absolute atomic E-state index is 0. The smallest absolute Gasteiger partial charge is 0.227 e. The van der Waals surface area contributed by atoms with Crippen LogP contribution in [0.3, 0.4) is 0 Å². The van der Waals surface area contributed by atoms with Crippen LogP contribution in [-0.4, -0.2) is 35.5 Å². The number of carbonyl (C=O) groups is 1. The lowest BCUT2D eigenvalue weighted by Gasteiger charge is -2.38. The summed E-state index contributed by atoms with van der Waals surface area (Å²) in [6, 6.07) is 11.9. The van der Waals surface area contributed by atoms with Crippen LogP contribution in [0.1, 0.15) is 50.8 Å². The molecular weight excluding hydrogens is 505 g/mol. The lowest BCUT2D eigenvalue weighted by molar-refractivity contribution is -0.116. The number of anilines is 1. The summed E-state index contributed by atoms with van der Waals surface area (Å²) < 4.78 is 6.11. The van der Waals surface area contributed by atoms with Crippen LogP contribution >= 0.6 is 24.0 Å². The summed E-state index contributed by atoms with van der Waals surface area (Å²) in [5.41, 5.74) is 1.90. The van der Waals surface area contributed by atoms with Crippen LogP contribution in [0.25, 0.3) is 0 Å². The number of benzene rings is 1. The lowest BCUT2D eigenvalue weighted by Crippen LogP contribution is -2.45. The van der Waals surface area contributed by atoms with Crippen LogP contribution in [0.15, 0.2) is 47.6 Å². The maximum absolute atomic E-state index is 12.2. The van der Waals surface area contributed by atoms with Gasteiger partial charge in [-0.15, -0.1) is 24.0 Å². The third kappa shape index (κ3) is 7.37. The molecule has 3 rings (SSSR count). The maximum Gasteiger partial charge on any atom is 0.227 e. The zero-order valence-corrected chi connectivity index (χ0v) is 20.9. The van der Waals surface area contributed by atoms with Gasteiger partial charge in [-0.3, -0.25) is 9.79 Å². The van der Waals surface area contributed by atoms with E-state index in [1.54, 1.807) is 12.3 Å². The van der Waals surface area contributed by atoms with Crippen molar-refractivity contribution in [3.8, 4) is 5.75 Å². The number of amides is 1. The first kappa shape index (κ1) is 24.9. The number of aliphatic imine (C=N–C) groups is 1. The second-order valence-corrected chi connectivity index (χ2v) is 8.08. The van der Waals surface area contributed by atoms with Gasteiger partial charge in [-0.05, 0) is 45.4 Å². The molecule has 1 aliphatic rings. The number of pyridine rings is 1. The number of hydrogen-bond donors (Lipinski definition) is 3. The van der Waals surface area contributed by atoms with Gasteiger partial charge in [0.15, 0.2) is 5.96 Å². The first-order chi connectivity index (χ1) is 14.4.